The maximum atomic E-state index is 12.7. The van der Waals surface area contributed by atoms with Crippen molar-refractivity contribution in [2.45, 2.75) is 25.8 Å². The number of benzene rings is 1. The molecule has 20 heavy (non-hydrogen) atoms. The first-order valence-electron chi connectivity index (χ1n) is 6.98. The number of likely N-dealkylation sites (tertiary alicyclic amines) is 1. The SMILES string of the molecule is Cc1c(C(=O)N2CCC[C@@H]2CO)cnc2ccccc12. The van der Waals surface area contributed by atoms with E-state index in [0.29, 0.717) is 5.56 Å². The van der Waals surface area contributed by atoms with Crippen LogP contribution < -0.4 is 0 Å². The Hall–Kier alpha value is -1.94. The molecule has 0 unspecified atom stereocenters. The number of carbonyl (C=O) groups excluding carboxylic acids is 1. The molecule has 4 heteroatoms. The van der Waals surface area contributed by atoms with E-state index in [1.165, 1.54) is 0 Å². The molecule has 2 aromatic rings. The average Bonchev–Trinajstić information content (AvgIpc) is 2.96. The van der Waals surface area contributed by atoms with Crippen molar-refractivity contribution in [3.63, 3.8) is 0 Å². The largest absolute Gasteiger partial charge is 0.394 e. The molecule has 1 fully saturated rings. The molecule has 2 heterocycles. The second-order valence-corrected chi connectivity index (χ2v) is 5.29. The van der Waals surface area contributed by atoms with Gasteiger partial charge in [0.05, 0.1) is 23.7 Å². The molecule has 1 saturated heterocycles. The van der Waals surface area contributed by atoms with Crippen LogP contribution >= 0.6 is 0 Å². The minimum Gasteiger partial charge on any atom is -0.394 e. The first kappa shape index (κ1) is 13.1. The number of aromatic nitrogens is 1. The van der Waals surface area contributed by atoms with E-state index in [1.54, 1.807) is 11.1 Å². The monoisotopic (exact) mass is 270 g/mol. The number of rotatable bonds is 2. The van der Waals surface area contributed by atoms with E-state index in [2.05, 4.69) is 4.98 Å². The summed E-state index contributed by atoms with van der Waals surface area (Å²) in [6.45, 7) is 2.71. The van der Waals surface area contributed by atoms with Crippen molar-refractivity contribution in [2.75, 3.05) is 13.2 Å². The Bertz CT molecular complexity index is 654. The van der Waals surface area contributed by atoms with Crippen molar-refractivity contribution in [1.29, 1.82) is 0 Å². The van der Waals surface area contributed by atoms with Crippen LogP contribution in [0.1, 0.15) is 28.8 Å². The number of fused-ring (bicyclic) bond motifs is 1. The summed E-state index contributed by atoms with van der Waals surface area (Å²) in [5, 5.41) is 10.4. The Morgan fingerprint density at radius 2 is 2.25 bits per heavy atom. The fraction of sp³-hybridized carbons (Fsp3) is 0.375. The maximum Gasteiger partial charge on any atom is 0.256 e. The van der Waals surface area contributed by atoms with E-state index >= 15 is 0 Å². The first-order chi connectivity index (χ1) is 9.72. The lowest BCUT2D eigenvalue weighted by molar-refractivity contribution is 0.0676. The van der Waals surface area contributed by atoms with Crippen molar-refractivity contribution >= 4 is 16.8 Å². The first-order valence-corrected chi connectivity index (χ1v) is 6.98. The predicted molar refractivity (Wildman–Crippen MR) is 77.6 cm³/mol. The van der Waals surface area contributed by atoms with E-state index in [9.17, 15) is 9.90 Å². The molecule has 0 aliphatic carbocycles. The third-order valence-corrected chi connectivity index (χ3v) is 4.12. The van der Waals surface area contributed by atoms with Gasteiger partial charge in [-0.25, -0.2) is 0 Å². The van der Waals surface area contributed by atoms with Crippen LogP contribution in [0.15, 0.2) is 30.5 Å². The number of amides is 1. The smallest absolute Gasteiger partial charge is 0.256 e. The number of hydrogen-bond donors (Lipinski definition) is 1. The fourth-order valence-electron chi connectivity index (χ4n) is 2.94. The van der Waals surface area contributed by atoms with Crippen molar-refractivity contribution < 1.29 is 9.90 Å². The van der Waals surface area contributed by atoms with E-state index < -0.39 is 0 Å². The number of carbonyl (C=O) groups is 1. The van der Waals surface area contributed by atoms with Crippen LogP contribution in [0.25, 0.3) is 10.9 Å². The molecule has 1 aliphatic heterocycles. The minimum atomic E-state index is -0.0478. The number of hydrogen-bond acceptors (Lipinski definition) is 3. The molecule has 0 saturated carbocycles. The quantitative estimate of drug-likeness (QED) is 0.909. The van der Waals surface area contributed by atoms with Gasteiger partial charge < -0.3 is 10.0 Å². The van der Waals surface area contributed by atoms with Crippen LogP contribution in [-0.2, 0) is 0 Å². The Balaban J connectivity index is 2.01. The van der Waals surface area contributed by atoms with E-state index in [-0.39, 0.29) is 18.6 Å². The summed E-state index contributed by atoms with van der Waals surface area (Å²) >= 11 is 0. The van der Waals surface area contributed by atoms with Crippen molar-refractivity contribution in [1.82, 2.24) is 9.88 Å². The van der Waals surface area contributed by atoms with Crippen molar-refractivity contribution in [3.8, 4) is 0 Å². The lowest BCUT2D eigenvalue weighted by Gasteiger charge is -2.24. The van der Waals surface area contributed by atoms with Crippen molar-refractivity contribution in [3.05, 3.63) is 41.6 Å². The number of aliphatic hydroxyl groups excluding tert-OH is 1. The molecule has 4 nitrogen and oxygen atoms in total. The summed E-state index contributed by atoms with van der Waals surface area (Å²) in [6, 6.07) is 7.79. The molecule has 1 amide bonds. The molecule has 1 aromatic heterocycles. The van der Waals surface area contributed by atoms with E-state index in [4.69, 9.17) is 0 Å². The molecule has 1 atom stereocenters. The molecular formula is C16H18N2O2. The normalized spacial score (nSPS) is 18.7. The van der Waals surface area contributed by atoms with Crippen LogP contribution in [0, 0.1) is 6.92 Å². The number of para-hydroxylation sites is 1. The minimum absolute atomic E-state index is 0.0164. The summed E-state index contributed by atoms with van der Waals surface area (Å²) in [6.07, 6.45) is 3.49. The van der Waals surface area contributed by atoms with Gasteiger partial charge in [0.2, 0.25) is 0 Å². The zero-order chi connectivity index (χ0) is 14.1. The summed E-state index contributed by atoms with van der Waals surface area (Å²) in [5.41, 5.74) is 2.51. The highest BCUT2D eigenvalue weighted by Crippen LogP contribution is 2.24. The standard InChI is InChI=1S/C16H18N2O2/c1-11-13-6-2-3-7-15(13)17-9-14(11)16(20)18-8-4-5-12(18)10-19/h2-3,6-7,9,12,19H,4-5,8,10H2,1H3/t12-/m1/s1. The van der Waals surface area contributed by atoms with Gasteiger partial charge in [-0.05, 0) is 31.4 Å². The van der Waals surface area contributed by atoms with Gasteiger partial charge >= 0.3 is 0 Å². The number of pyridine rings is 1. The number of aryl methyl sites for hydroxylation is 1. The Morgan fingerprint density at radius 3 is 3.05 bits per heavy atom. The molecule has 1 N–H and O–H groups in total. The zero-order valence-corrected chi connectivity index (χ0v) is 11.5. The van der Waals surface area contributed by atoms with Gasteiger partial charge in [0.25, 0.3) is 5.91 Å². The lowest BCUT2D eigenvalue weighted by Crippen LogP contribution is -2.38. The molecule has 1 aliphatic rings. The van der Waals surface area contributed by atoms with Gasteiger partial charge in [0.15, 0.2) is 0 Å². The van der Waals surface area contributed by atoms with Gasteiger partial charge in [-0.3, -0.25) is 9.78 Å². The fourth-order valence-corrected chi connectivity index (χ4v) is 2.94. The van der Waals surface area contributed by atoms with E-state index in [1.807, 2.05) is 31.2 Å². The van der Waals surface area contributed by atoms with Gasteiger partial charge in [0.1, 0.15) is 0 Å². The highest BCUT2D eigenvalue weighted by molar-refractivity contribution is 6.00. The zero-order valence-electron chi connectivity index (χ0n) is 11.5. The van der Waals surface area contributed by atoms with Crippen LogP contribution in [-0.4, -0.2) is 40.1 Å². The highest BCUT2D eigenvalue weighted by atomic mass is 16.3. The topological polar surface area (TPSA) is 53.4 Å². The highest BCUT2D eigenvalue weighted by Gasteiger charge is 2.29. The van der Waals surface area contributed by atoms with Gasteiger partial charge in [-0.15, -0.1) is 0 Å². The Morgan fingerprint density at radius 1 is 1.45 bits per heavy atom. The average molecular weight is 270 g/mol. The predicted octanol–water partition coefficient (Wildman–Crippen LogP) is 2.14. The Labute approximate surface area is 118 Å². The van der Waals surface area contributed by atoms with Gasteiger partial charge in [0, 0.05) is 18.1 Å². The summed E-state index contributed by atoms with van der Waals surface area (Å²) in [4.78, 5) is 18.8. The van der Waals surface area contributed by atoms with Crippen LogP contribution in [0.4, 0.5) is 0 Å². The molecule has 0 bridgehead atoms. The molecule has 104 valence electrons. The second kappa shape index (κ2) is 5.21. The Kier molecular flexibility index (Phi) is 3.40. The van der Waals surface area contributed by atoms with Gasteiger partial charge in [-0.1, -0.05) is 18.2 Å². The maximum absolute atomic E-state index is 12.7. The second-order valence-electron chi connectivity index (χ2n) is 5.29. The summed E-state index contributed by atoms with van der Waals surface area (Å²) < 4.78 is 0. The number of nitrogens with zero attached hydrogens (tertiary/aromatic N) is 2. The van der Waals surface area contributed by atoms with Crippen LogP contribution in [0.2, 0.25) is 0 Å². The third kappa shape index (κ3) is 2.06. The lowest BCUT2D eigenvalue weighted by atomic mass is 10.0. The molecule has 1 aromatic carbocycles. The summed E-state index contributed by atoms with van der Waals surface area (Å²) in [7, 11) is 0. The van der Waals surface area contributed by atoms with Crippen LogP contribution in [0.3, 0.4) is 0 Å². The van der Waals surface area contributed by atoms with E-state index in [0.717, 1.165) is 35.9 Å². The number of aliphatic hydroxyl groups is 1. The third-order valence-electron chi connectivity index (χ3n) is 4.12. The molecule has 0 radical (unpaired) electrons. The van der Waals surface area contributed by atoms with Gasteiger partial charge in [-0.2, -0.15) is 0 Å². The molecule has 0 spiro atoms. The van der Waals surface area contributed by atoms with Crippen LogP contribution in [0.5, 0.6) is 0 Å². The van der Waals surface area contributed by atoms with Crippen molar-refractivity contribution in [2.24, 2.45) is 0 Å². The molecule has 3 rings (SSSR count). The molecular weight excluding hydrogens is 252 g/mol. The summed E-state index contributed by atoms with van der Waals surface area (Å²) in [5.74, 6) is -0.0164.